The summed E-state index contributed by atoms with van der Waals surface area (Å²) in [4.78, 5) is 24.8. The maximum Gasteiger partial charge on any atom is 0.209 e. The standard InChI is InChI=1S/C17H12ClNO2/c18-14-8-4-1-5-10(14)9-13-15(19)17(21)12-7-3-2-6-11(12)16(13)20/h1-8H,9,19H2. The molecule has 3 rings (SSSR count). The summed E-state index contributed by atoms with van der Waals surface area (Å²) in [6, 6.07) is 13.9. The molecule has 0 aliphatic heterocycles. The van der Waals surface area contributed by atoms with Crippen LogP contribution >= 0.6 is 11.6 Å². The zero-order valence-corrected chi connectivity index (χ0v) is 11.9. The molecule has 1 aliphatic carbocycles. The lowest BCUT2D eigenvalue weighted by molar-refractivity contribution is 0.0971. The number of hydrogen-bond acceptors (Lipinski definition) is 3. The van der Waals surface area contributed by atoms with Crippen LogP contribution in [0.15, 0.2) is 59.8 Å². The van der Waals surface area contributed by atoms with E-state index in [2.05, 4.69) is 0 Å². The molecule has 0 radical (unpaired) electrons. The number of ketones is 2. The molecule has 0 amide bonds. The van der Waals surface area contributed by atoms with Crippen LogP contribution in [0.4, 0.5) is 0 Å². The number of halogens is 1. The van der Waals surface area contributed by atoms with E-state index < -0.39 is 0 Å². The van der Waals surface area contributed by atoms with Crippen molar-refractivity contribution in [2.75, 3.05) is 0 Å². The van der Waals surface area contributed by atoms with E-state index in [9.17, 15) is 9.59 Å². The summed E-state index contributed by atoms with van der Waals surface area (Å²) >= 11 is 6.12. The average molecular weight is 298 g/mol. The highest BCUT2D eigenvalue weighted by atomic mass is 35.5. The summed E-state index contributed by atoms with van der Waals surface area (Å²) in [6.07, 6.45) is 0.254. The molecule has 0 saturated heterocycles. The number of hydrogen-bond donors (Lipinski definition) is 1. The SMILES string of the molecule is NC1=C(Cc2ccccc2Cl)C(=O)c2ccccc2C1=O. The molecule has 0 bridgehead atoms. The van der Waals surface area contributed by atoms with E-state index in [1.807, 2.05) is 18.2 Å². The first-order valence-corrected chi connectivity index (χ1v) is 6.88. The van der Waals surface area contributed by atoms with Gasteiger partial charge in [-0.1, -0.05) is 54.1 Å². The van der Waals surface area contributed by atoms with Crippen LogP contribution in [0.1, 0.15) is 26.3 Å². The van der Waals surface area contributed by atoms with Crippen molar-refractivity contribution < 1.29 is 9.59 Å². The number of allylic oxidation sites excluding steroid dienone is 2. The Morgan fingerprint density at radius 3 is 2.10 bits per heavy atom. The van der Waals surface area contributed by atoms with Crippen molar-refractivity contribution in [3.05, 3.63) is 81.5 Å². The van der Waals surface area contributed by atoms with Gasteiger partial charge in [-0.05, 0) is 11.6 Å². The number of Topliss-reactive ketones (excluding diaryl/α,β-unsaturated/α-hetero) is 2. The Labute approximate surface area is 127 Å². The van der Waals surface area contributed by atoms with Crippen LogP contribution in [-0.4, -0.2) is 11.6 Å². The van der Waals surface area contributed by atoms with Gasteiger partial charge >= 0.3 is 0 Å². The number of carbonyl (C=O) groups excluding carboxylic acids is 2. The van der Waals surface area contributed by atoms with Crippen molar-refractivity contribution >= 4 is 23.2 Å². The van der Waals surface area contributed by atoms with Crippen LogP contribution in [0, 0.1) is 0 Å². The topological polar surface area (TPSA) is 60.2 Å². The third-order valence-electron chi connectivity index (χ3n) is 3.59. The number of nitrogens with two attached hydrogens (primary N) is 1. The minimum atomic E-state index is -0.299. The number of rotatable bonds is 2. The molecular formula is C17H12ClNO2. The van der Waals surface area contributed by atoms with Gasteiger partial charge in [-0.25, -0.2) is 0 Å². The van der Waals surface area contributed by atoms with Crippen LogP contribution in [0.3, 0.4) is 0 Å². The van der Waals surface area contributed by atoms with Gasteiger partial charge in [0.25, 0.3) is 0 Å². The fraction of sp³-hybridized carbons (Fsp3) is 0.0588. The van der Waals surface area contributed by atoms with Gasteiger partial charge in [0.15, 0.2) is 5.78 Å². The summed E-state index contributed by atoms with van der Waals surface area (Å²) in [7, 11) is 0. The highest BCUT2D eigenvalue weighted by Gasteiger charge is 2.30. The Bertz CT molecular complexity index is 793. The van der Waals surface area contributed by atoms with E-state index in [4.69, 9.17) is 17.3 Å². The van der Waals surface area contributed by atoms with Crippen molar-refractivity contribution in [3.8, 4) is 0 Å². The van der Waals surface area contributed by atoms with Crippen molar-refractivity contribution in [2.24, 2.45) is 5.73 Å². The van der Waals surface area contributed by atoms with E-state index in [1.165, 1.54) is 0 Å². The van der Waals surface area contributed by atoms with Crippen molar-refractivity contribution in [2.45, 2.75) is 6.42 Å². The predicted molar refractivity (Wildman–Crippen MR) is 81.5 cm³/mol. The van der Waals surface area contributed by atoms with Crippen LogP contribution in [0.5, 0.6) is 0 Å². The summed E-state index contributed by atoms with van der Waals surface area (Å²) in [5.41, 5.74) is 7.76. The van der Waals surface area contributed by atoms with Gasteiger partial charge in [-0.3, -0.25) is 9.59 Å². The molecule has 2 aromatic rings. The van der Waals surface area contributed by atoms with Gasteiger partial charge in [0.1, 0.15) is 0 Å². The van der Waals surface area contributed by atoms with Gasteiger partial charge < -0.3 is 5.73 Å². The summed E-state index contributed by atoms with van der Waals surface area (Å²) in [5, 5.41) is 0.553. The fourth-order valence-electron chi connectivity index (χ4n) is 2.45. The third kappa shape index (κ3) is 2.26. The quantitative estimate of drug-likeness (QED) is 0.926. The fourth-order valence-corrected chi connectivity index (χ4v) is 2.66. The molecule has 2 aromatic carbocycles. The maximum absolute atomic E-state index is 12.6. The van der Waals surface area contributed by atoms with Crippen LogP contribution in [0.2, 0.25) is 5.02 Å². The van der Waals surface area contributed by atoms with Gasteiger partial charge in [-0.15, -0.1) is 0 Å². The monoisotopic (exact) mass is 297 g/mol. The van der Waals surface area contributed by atoms with E-state index >= 15 is 0 Å². The first kappa shape index (κ1) is 13.6. The number of carbonyl (C=O) groups is 2. The summed E-state index contributed by atoms with van der Waals surface area (Å²) < 4.78 is 0. The van der Waals surface area contributed by atoms with Gasteiger partial charge in [0.2, 0.25) is 5.78 Å². The lowest BCUT2D eigenvalue weighted by Crippen LogP contribution is -2.27. The number of benzene rings is 2. The molecule has 0 saturated carbocycles. The molecule has 0 heterocycles. The second-order valence-corrected chi connectivity index (χ2v) is 5.27. The molecule has 0 spiro atoms. The molecule has 21 heavy (non-hydrogen) atoms. The van der Waals surface area contributed by atoms with E-state index in [1.54, 1.807) is 30.3 Å². The molecule has 0 fully saturated rings. The lowest BCUT2D eigenvalue weighted by atomic mass is 9.85. The first-order valence-electron chi connectivity index (χ1n) is 6.50. The highest BCUT2D eigenvalue weighted by Crippen LogP contribution is 2.28. The molecule has 2 N–H and O–H groups in total. The van der Waals surface area contributed by atoms with Crippen LogP contribution < -0.4 is 5.73 Å². The minimum absolute atomic E-state index is 0.0126. The molecule has 4 heteroatoms. The first-order chi connectivity index (χ1) is 10.1. The zero-order valence-electron chi connectivity index (χ0n) is 11.1. The van der Waals surface area contributed by atoms with Gasteiger partial charge in [-0.2, -0.15) is 0 Å². The average Bonchev–Trinajstić information content (AvgIpc) is 2.51. The van der Waals surface area contributed by atoms with Crippen molar-refractivity contribution in [3.63, 3.8) is 0 Å². The molecule has 0 unspecified atom stereocenters. The molecule has 0 aromatic heterocycles. The molecule has 104 valence electrons. The lowest BCUT2D eigenvalue weighted by Gasteiger charge is -2.18. The predicted octanol–water partition coefficient (Wildman–Crippen LogP) is 3.17. The van der Waals surface area contributed by atoms with Crippen LogP contribution in [0.25, 0.3) is 0 Å². The van der Waals surface area contributed by atoms with Crippen molar-refractivity contribution in [1.82, 2.24) is 0 Å². The van der Waals surface area contributed by atoms with E-state index in [0.29, 0.717) is 21.7 Å². The Balaban J connectivity index is 2.07. The Morgan fingerprint density at radius 2 is 1.43 bits per heavy atom. The minimum Gasteiger partial charge on any atom is -0.395 e. The Morgan fingerprint density at radius 1 is 0.857 bits per heavy atom. The second-order valence-electron chi connectivity index (χ2n) is 4.86. The zero-order chi connectivity index (χ0) is 15.0. The Hall–Kier alpha value is -2.39. The maximum atomic E-state index is 12.6. The summed E-state index contributed by atoms with van der Waals surface area (Å²) in [6.45, 7) is 0. The second kappa shape index (κ2) is 5.19. The molecule has 0 atom stereocenters. The molecule has 1 aliphatic rings. The molecule has 3 nitrogen and oxygen atoms in total. The van der Waals surface area contributed by atoms with E-state index in [0.717, 1.165) is 5.56 Å². The highest BCUT2D eigenvalue weighted by molar-refractivity contribution is 6.31. The molecular weight excluding hydrogens is 286 g/mol. The van der Waals surface area contributed by atoms with Crippen molar-refractivity contribution in [1.29, 1.82) is 0 Å². The normalized spacial score (nSPS) is 14.3. The van der Waals surface area contributed by atoms with Crippen LogP contribution in [-0.2, 0) is 6.42 Å². The third-order valence-corrected chi connectivity index (χ3v) is 3.95. The van der Waals surface area contributed by atoms with Gasteiger partial charge in [0.05, 0.1) is 5.70 Å². The Kier molecular flexibility index (Phi) is 3.35. The van der Waals surface area contributed by atoms with Gasteiger partial charge in [0, 0.05) is 28.1 Å². The summed E-state index contributed by atoms with van der Waals surface area (Å²) in [5.74, 6) is -0.505. The smallest absolute Gasteiger partial charge is 0.209 e. The van der Waals surface area contributed by atoms with E-state index in [-0.39, 0.29) is 23.7 Å². The number of fused-ring (bicyclic) bond motifs is 1. The largest absolute Gasteiger partial charge is 0.395 e.